The molecule has 12 rings (SSSR count). The summed E-state index contributed by atoms with van der Waals surface area (Å²) in [5, 5.41) is 14.6. The molecule has 0 spiro atoms. The second kappa shape index (κ2) is 14.3. The number of allylic oxidation sites excluding steroid dienone is 4. The van der Waals surface area contributed by atoms with E-state index in [4.69, 9.17) is 20.2 Å². The van der Waals surface area contributed by atoms with Gasteiger partial charge < -0.3 is 0 Å². The Morgan fingerprint density at radius 2 is 0.918 bits per heavy atom. The monoisotopic (exact) mass is 783 g/mol. The minimum atomic E-state index is 0.714. The number of hydrogen-bond donors (Lipinski definition) is 0. The summed E-state index contributed by atoms with van der Waals surface area (Å²) in [4.78, 5) is 9.94. The van der Waals surface area contributed by atoms with E-state index in [2.05, 4.69) is 171 Å². The smallest absolute Gasteiger partial charge is 0.169 e. The molecule has 5 heterocycles. The van der Waals surface area contributed by atoms with Gasteiger partial charge in [-0.3, -0.25) is 13.7 Å². The molecule has 61 heavy (non-hydrogen) atoms. The fourth-order valence-electron chi connectivity index (χ4n) is 9.13. The molecule has 0 unspecified atom stereocenters. The lowest BCUT2D eigenvalue weighted by molar-refractivity contribution is 1.05. The summed E-state index contributed by atoms with van der Waals surface area (Å²) >= 11 is 0. The molecule has 0 saturated carbocycles. The normalized spacial score (nSPS) is 12.8. The predicted molar refractivity (Wildman–Crippen MR) is 248 cm³/mol. The maximum Gasteiger partial charge on any atom is 0.169 e. The molecule has 6 aromatic carbocycles. The van der Waals surface area contributed by atoms with Crippen molar-refractivity contribution in [2.24, 2.45) is 0 Å². The van der Waals surface area contributed by atoms with Crippen molar-refractivity contribution in [3.05, 3.63) is 206 Å². The number of nitrogens with zero attached hydrogens (tertiary/aromatic N) is 7. The zero-order valence-corrected chi connectivity index (χ0v) is 33.1. The summed E-state index contributed by atoms with van der Waals surface area (Å²) in [7, 11) is 0. The minimum absolute atomic E-state index is 0.714. The van der Waals surface area contributed by atoms with Gasteiger partial charge in [-0.15, -0.1) is 10.2 Å². The molecule has 7 nitrogen and oxygen atoms in total. The van der Waals surface area contributed by atoms with E-state index in [-0.39, 0.29) is 0 Å². The molecule has 1 aliphatic carbocycles. The third-order valence-electron chi connectivity index (χ3n) is 12.0. The predicted octanol–water partition coefficient (Wildman–Crippen LogP) is 13.0. The van der Waals surface area contributed by atoms with E-state index < -0.39 is 0 Å². The molecule has 0 aliphatic heterocycles. The molecule has 288 valence electrons. The number of fused-ring (bicyclic) bond motifs is 6. The van der Waals surface area contributed by atoms with Gasteiger partial charge in [0.25, 0.3) is 0 Å². The molecular weight excluding hydrogens is 747 g/mol. The first kappa shape index (κ1) is 34.8. The van der Waals surface area contributed by atoms with Crippen LogP contribution in [0.2, 0.25) is 0 Å². The van der Waals surface area contributed by atoms with Crippen LogP contribution in [0.25, 0.3) is 100 Å². The molecule has 0 radical (unpaired) electrons. The van der Waals surface area contributed by atoms with Crippen LogP contribution in [-0.4, -0.2) is 33.9 Å². The van der Waals surface area contributed by atoms with Gasteiger partial charge in [0.2, 0.25) is 0 Å². The zero-order chi connectivity index (χ0) is 40.3. The standard InChI is InChI=1S/C54H37N7/c1-4-14-36(15-5-1)38-24-26-49-45(32-38)43-20-10-12-22-47(43)60(49)51-34-40(28-30-55-51)53-57-58-54(59(53)42-18-8-3-9-19-42)41-29-31-56-52(35-41)61-48-23-13-11-21-44(48)46-33-39(25-27-50(46)61)37-16-6-2-7-17-37/h1-6,8-16,18-35H,7,17H2. The summed E-state index contributed by atoms with van der Waals surface area (Å²) in [6.07, 6.45) is 12.5. The van der Waals surface area contributed by atoms with Crippen LogP contribution in [0.5, 0.6) is 0 Å². The van der Waals surface area contributed by atoms with Crippen molar-refractivity contribution in [2.75, 3.05) is 0 Å². The topological polar surface area (TPSA) is 66.3 Å². The first-order valence-corrected chi connectivity index (χ1v) is 20.7. The van der Waals surface area contributed by atoms with Crippen molar-refractivity contribution >= 4 is 49.2 Å². The van der Waals surface area contributed by atoms with Gasteiger partial charge in [0.1, 0.15) is 11.6 Å². The van der Waals surface area contributed by atoms with E-state index in [0.717, 1.165) is 63.4 Å². The maximum atomic E-state index is 4.97. The average Bonchev–Trinajstić information content (AvgIpc) is 4.03. The van der Waals surface area contributed by atoms with Crippen LogP contribution in [0.4, 0.5) is 0 Å². The van der Waals surface area contributed by atoms with Crippen molar-refractivity contribution in [1.29, 1.82) is 0 Å². The summed E-state index contributed by atoms with van der Waals surface area (Å²) in [5.41, 5.74) is 12.1. The van der Waals surface area contributed by atoms with Crippen LogP contribution in [0.3, 0.4) is 0 Å². The molecular formula is C54H37N7. The average molecular weight is 784 g/mol. The third-order valence-corrected chi connectivity index (χ3v) is 12.0. The number of hydrogen-bond acceptors (Lipinski definition) is 4. The number of pyridine rings is 2. The second-order valence-corrected chi connectivity index (χ2v) is 15.5. The molecule has 11 aromatic rings. The summed E-state index contributed by atoms with van der Waals surface area (Å²) in [6.45, 7) is 0. The molecule has 0 fully saturated rings. The fourth-order valence-corrected chi connectivity index (χ4v) is 9.13. The van der Waals surface area contributed by atoms with Crippen LogP contribution in [-0.2, 0) is 0 Å². The zero-order valence-electron chi connectivity index (χ0n) is 33.1. The van der Waals surface area contributed by atoms with Crippen LogP contribution in [0.1, 0.15) is 18.4 Å². The van der Waals surface area contributed by atoms with E-state index in [9.17, 15) is 0 Å². The lowest BCUT2D eigenvalue weighted by atomic mass is 9.96. The van der Waals surface area contributed by atoms with Gasteiger partial charge in [-0.2, -0.15) is 0 Å². The highest BCUT2D eigenvalue weighted by molar-refractivity contribution is 6.11. The first-order valence-electron chi connectivity index (χ1n) is 20.7. The SMILES string of the molecule is C1=CCCC(c2ccc3c(c2)c2ccccc2n3-c2cc(-c3nnc(-c4ccnc(-n5c6ccccc6c6cc(-c7ccccc7)ccc65)c4)n3-c3ccccc3)ccn2)=C1. The Bertz CT molecular complexity index is 3530. The quantitative estimate of drug-likeness (QED) is 0.161. The van der Waals surface area contributed by atoms with Crippen molar-refractivity contribution < 1.29 is 0 Å². The lowest BCUT2D eigenvalue weighted by Gasteiger charge is -2.13. The summed E-state index contributed by atoms with van der Waals surface area (Å²) in [5.74, 6) is 3.05. The Kier molecular flexibility index (Phi) is 8.16. The van der Waals surface area contributed by atoms with Gasteiger partial charge in [-0.25, -0.2) is 9.97 Å². The van der Waals surface area contributed by atoms with Crippen molar-refractivity contribution in [3.63, 3.8) is 0 Å². The minimum Gasteiger partial charge on any atom is -0.294 e. The maximum absolute atomic E-state index is 4.97. The van der Waals surface area contributed by atoms with Crippen LogP contribution in [0, 0.1) is 0 Å². The van der Waals surface area contributed by atoms with Gasteiger partial charge in [-0.1, -0.05) is 115 Å². The van der Waals surface area contributed by atoms with E-state index >= 15 is 0 Å². The number of benzene rings is 6. The van der Waals surface area contributed by atoms with E-state index in [0.29, 0.717) is 11.6 Å². The van der Waals surface area contributed by atoms with E-state index in [1.807, 2.05) is 42.7 Å². The molecule has 5 aromatic heterocycles. The van der Waals surface area contributed by atoms with Crippen molar-refractivity contribution in [1.82, 2.24) is 33.9 Å². The van der Waals surface area contributed by atoms with Gasteiger partial charge >= 0.3 is 0 Å². The lowest BCUT2D eigenvalue weighted by Crippen LogP contribution is -2.03. The summed E-state index contributed by atoms with van der Waals surface area (Å²) < 4.78 is 6.65. The highest BCUT2D eigenvalue weighted by Gasteiger charge is 2.22. The third kappa shape index (κ3) is 5.81. The molecule has 0 bridgehead atoms. The van der Waals surface area contributed by atoms with Gasteiger partial charge in [0.05, 0.1) is 22.1 Å². The fraction of sp³-hybridized carbons (Fsp3) is 0.0370. The van der Waals surface area contributed by atoms with E-state index in [1.165, 1.54) is 43.8 Å². The largest absolute Gasteiger partial charge is 0.294 e. The van der Waals surface area contributed by atoms with Crippen LogP contribution in [0.15, 0.2) is 200 Å². The molecule has 0 saturated heterocycles. The molecule has 0 atom stereocenters. The van der Waals surface area contributed by atoms with Gasteiger partial charge in [0.15, 0.2) is 11.6 Å². The Morgan fingerprint density at radius 3 is 1.51 bits per heavy atom. The Morgan fingerprint density at radius 1 is 0.393 bits per heavy atom. The van der Waals surface area contributed by atoms with Gasteiger partial charge in [0, 0.05) is 50.8 Å². The molecule has 1 aliphatic rings. The van der Waals surface area contributed by atoms with Gasteiger partial charge in [-0.05, 0) is 108 Å². The van der Waals surface area contributed by atoms with Crippen molar-refractivity contribution in [3.8, 4) is 51.2 Å². The number of aromatic nitrogens is 7. The highest BCUT2D eigenvalue weighted by Crippen LogP contribution is 2.38. The first-order chi connectivity index (χ1) is 30.3. The second-order valence-electron chi connectivity index (χ2n) is 15.5. The van der Waals surface area contributed by atoms with Crippen molar-refractivity contribution in [2.45, 2.75) is 12.8 Å². The molecule has 0 N–H and O–H groups in total. The van der Waals surface area contributed by atoms with Crippen LogP contribution >= 0.6 is 0 Å². The highest BCUT2D eigenvalue weighted by atomic mass is 15.3. The summed E-state index contributed by atoms with van der Waals surface area (Å²) in [6, 6.07) is 59.8. The Balaban J connectivity index is 0.994. The molecule has 0 amide bonds. The number of para-hydroxylation sites is 3. The Labute approximate surface area is 351 Å². The van der Waals surface area contributed by atoms with Crippen LogP contribution < -0.4 is 0 Å². The van der Waals surface area contributed by atoms with E-state index in [1.54, 1.807) is 0 Å². The number of rotatable bonds is 7. The Hall–Kier alpha value is -8.16. The molecule has 7 heteroatoms.